The maximum Gasteiger partial charge on any atom is 0.200 e. The fourth-order valence-corrected chi connectivity index (χ4v) is 1.84. The van der Waals surface area contributed by atoms with Gasteiger partial charge in [-0.3, -0.25) is 0 Å². The lowest BCUT2D eigenvalue weighted by atomic mass is 10.2. The Morgan fingerprint density at radius 1 is 1.05 bits per heavy atom. The van der Waals surface area contributed by atoms with Crippen LogP contribution in [0.25, 0.3) is 5.69 Å². The molecule has 0 radical (unpaired) electrons. The van der Waals surface area contributed by atoms with Gasteiger partial charge in [-0.15, -0.1) is 15.0 Å². The van der Waals surface area contributed by atoms with Crippen molar-refractivity contribution in [3.63, 3.8) is 0 Å². The number of rotatable bonds is 5. The minimum absolute atomic E-state index is 0.251. The average Bonchev–Trinajstić information content (AvgIpc) is 3.04. The van der Waals surface area contributed by atoms with Crippen molar-refractivity contribution in [1.82, 2.24) is 20.2 Å². The van der Waals surface area contributed by atoms with Gasteiger partial charge in [-0.25, -0.2) is 4.39 Å². The summed E-state index contributed by atoms with van der Waals surface area (Å²) in [5, 5.41) is 20.4. The van der Waals surface area contributed by atoms with Gasteiger partial charge in [0.05, 0.1) is 5.69 Å². The van der Waals surface area contributed by atoms with Crippen LogP contribution in [0.5, 0.6) is 5.75 Å². The van der Waals surface area contributed by atoms with Crippen molar-refractivity contribution in [3.05, 3.63) is 65.7 Å². The Hall–Kier alpha value is -2.80. The van der Waals surface area contributed by atoms with E-state index in [2.05, 4.69) is 15.4 Å². The third-order valence-corrected chi connectivity index (χ3v) is 2.98. The summed E-state index contributed by atoms with van der Waals surface area (Å²) in [6.45, 7) is 0.106. The minimum atomic E-state index is -0.268. The third kappa shape index (κ3) is 3.26. The summed E-state index contributed by atoms with van der Waals surface area (Å²) >= 11 is 0. The molecule has 0 aliphatic rings. The van der Waals surface area contributed by atoms with Crippen molar-refractivity contribution >= 4 is 0 Å². The normalized spacial score (nSPS) is 10.6. The highest BCUT2D eigenvalue weighted by molar-refractivity contribution is 5.35. The Morgan fingerprint density at radius 2 is 1.77 bits per heavy atom. The van der Waals surface area contributed by atoms with Crippen LogP contribution in [0.4, 0.5) is 4.39 Å². The molecule has 0 atom stereocenters. The molecule has 0 amide bonds. The third-order valence-electron chi connectivity index (χ3n) is 2.98. The first-order chi connectivity index (χ1) is 10.7. The van der Waals surface area contributed by atoms with Crippen molar-refractivity contribution in [2.45, 2.75) is 13.2 Å². The van der Waals surface area contributed by atoms with Crippen molar-refractivity contribution in [2.24, 2.45) is 0 Å². The molecule has 1 aromatic heterocycles. The quantitative estimate of drug-likeness (QED) is 0.778. The van der Waals surface area contributed by atoms with Gasteiger partial charge < -0.3 is 9.84 Å². The van der Waals surface area contributed by atoms with Crippen LogP contribution in [-0.2, 0) is 13.2 Å². The van der Waals surface area contributed by atoms with Gasteiger partial charge in [0.1, 0.15) is 24.8 Å². The lowest BCUT2D eigenvalue weighted by molar-refractivity contribution is 0.271. The van der Waals surface area contributed by atoms with E-state index in [1.807, 2.05) is 0 Å². The Labute approximate surface area is 125 Å². The van der Waals surface area contributed by atoms with E-state index in [1.165, 1.54) is 16.9 Å². The van der Waals surface area contributed by atoms with Gasteiger partial charge in [0.25, 0.3) is 0 Å². The van der Waals surface area contributed by atoms with Gasteiger partial charge in [-0.1, -0.05) is 12.1 Å². The monoisotopic (exact) mass is 300 g/mol. The van der Waals surface area contributed by atoms with E-state index in [4.69, 9.17) is 9.84 Å². The molecule has 1 N–H and O–H groups in total. The van der Waals surface area contributed by atoms with Crippen LogP contribution in [0.2, 0.25) is 0 Å². The van der Waals surface area contributed by atoms with Gasteiger partial charge >= 0.3 is 0 Å². The number of benzene rings is 2. The standard InChI is InChI=1S/C15H13FN4O2/c16-12-3-1-11(2-4-12)10-22-14-7-5-13(6-8-14)20-18-15(9-21)17-19-20/h1-8,21H,9-10H2. The number of aromatic nitrogens is 4. The number of hydrogen-bond acceptors (Lipinski definition) is 5. The zero-order valence-electron chi connectivity index (χ0n) is 11.6. The molecule has 0 aliphatic heterocycles. The van der Waals surface area contributed by atoms with E-state index in [0.717, 1.165) is 5.56 Å². The van der Waals surface area contributed by atoms with Gasteiger partial charge in [0.2, 0.25) is 5.82 Å². The first-order valence-electron chi connectivity index (χ1n) is 6.62. The molecule has 22 heavy (non-hydrogen) atoms. The van der Waals surface area contributed by atoms with Crippen molar-refractivity contribution in [1.29, 1.82) is 0 Å². The molecular formula is C15H13FN4O2. The average molecular weight is 300 g/mol. The van der Waals surface area contributed by atoms with Crippen LogP contribution in [0.3, 0.4) is 0 Å². The number of aliphatic hydroxyl groups is 1. The molecule has 6 nitrogen and oxygen atoms in total. The van der Waals surface area contributed by atoms with Crippen molar-refractivity contribution in [2.75, 3.05) is 0 Å². The second-order valence-corrected chi connectivity index (χ2v) is 4.56. The maximum atomic E-state index is 12.8. The van der Waals surface area contributed by atoms with E-state index in [9.17, 15) is 4.39 Å². The van der Waals surface area contributed by atoms with Gasteiger partial charge in [0.15, 0.2) is 0 Å². The second-order valence-electron chi connectivity index (χ2n) is 4.56. The van der Waals surface area contributed by atoms with E-state index in [1.54, 1.807) is 36.4 Å². The fraction of sp³-hybridized carbons (Fsp3) is 0.133. The van der Waals surface area contributed by atoms with Gasteiger partial charge in [-0.2, -0.15) is 0 Å². The minimum Gasteiger partial charge on any atom is -0.489 e. The Bertz CT molecular complexity index is 741. The number of halogens is 1. The lowest BCUT2D eigenvalue weighted by Gasteiger charge is -2.07. The van der Waals surface area contributed by atoms with Crippen LogP contribution in [0.15, 0.2) is 48.5 Å². The number of ether oxygens (including phenoxy) is 1. The largest absolute Gasteiger partial charge is 0.489 e. The molecule has 1 heterocycles. The first kappa shape index (κ1) is 14.2. The summed E-state index contributed by atoms with van der Waals surface area (Å²) in [7, 11) is 0. The zero-order chi connectivity index (χ0) is 15.4. The zero-order valence-corrected chi connectivity index (χ0v) is 11.6. The summed E-state index contributed by atoms with van der Waals surface area (Å²) in [5.74, 6) is 0.669. The van der Waals surface area contributed by atoms with Crippen LogP contribution < -0.4 is 4.74 Å². The fourth-order valence-electron chi connectivity index (χ4n) is 1.84. The highest BCUT2D eigenvalue weighted by Gasteiger charge is 2.04. The molecule has 0 saturated heterocycles. The maximum absolute atomic E-state index is 12.8. The van der Waals surface area contributed by atoms with Gasteiger partial charge in [0, 0.05) is 0 Å². The van der Waals surface area contributed by atoms with Crippen LogP contribution in [-0.4, -0.2) is 25.3 Å². The van der Waals surface area contributed by atoms with Crippen LogP contribution in [0, 0.1) is 5.82 Å². The molecule has 7 heteroatoms. The molecule has 3 aromatic rings. The molecule has 112 valence electrons. The Morgan fingerprint density at radius 3 is 2.41 bits per heavy atom. The summed E-state index contributed by atoms with van der Waals surface area (Å²) in [6.07, 6.45) is 0. The van der Waals surface area contributed by atoms with E-state index < -0.39 is 0 Å². The van der Waals surface area contributed by atoms with E-state index in [-0.39, 0.29) is 18.2 Å². The number of nitrogens with zero attached hydrogens (tertiary/aromatic N) is 4. The SMILES string of the molecule is OCc1nnn(-c2ccc(OCc3ccc(F)cc3)cc2)n1. The summed E-state index contributed by atoms with van der Waals surface area (Å²) in [5.41, 5.74) is 1.59. The number of tetrazole rings is 1. The highest BCUT2D eigenvalue weighted by atomic mass is 19.1. The molecule has 0 unspecified atom stereocenters. The Kier molecular flexibility index (Phi) is 4.06. The molecule has 0 saturated carbocycles. The number of hydrogen-bond donors (Lipinski definition) is 1. The molecule has 2 aromatic carbocycles. The van der Waals surface area contributed by atoms with E-state index >= 15 is 0 Å². The summed E-state index contributed by atoms with van der Waals surface area (Å²) < 4.78 is 18.4. The summed E-state index contributed by atoms with van der Waals surface area (Å²) in [6, 6.07) is 13.3. The van der Waals surface area contributed by atoms with Gasteiger partial charge in [-0.05, 0) is 47.2 Å². The van der Waals surface area contributed by atoms with Crippen LogP contribution in [0.1, 0.15) is 11.4 Å². The molecule has 0 spiro atoms. The molecule has 3 rings (SSSR count). The molecule has 0 fully saturated rings. The predicted molar refractivity (Wildman–Crippen MR) is 75.8 cm³/mol. The molecular weight excluding hydrogens is 287 g/mol. The molecule has 0 aliphatic carbocycles. The Balaban J connectivity index is 1.65. The first-order valence-corrected chi connectivity index (χ1v) is 6.62. The summed E-state index contributed by atoms with van der Waals surface area (Å²) in [4.78, 5) is 1.33. The van der Waals surface area contributed by atoms with Crippen molar-refractivity contribution < 1.29 is 14.2 Å². The predicted octanol–water partition coefficient (Wildman–Crippen LogP) is 1.87. The van der Waals surface area contributed by atoms with Crippen LogP contribution >= 0.6 is 0 Å². The smallest absolute Gasteiger partial charge is 0.200 e. The topological polar surface area (TPSA) is 73.1 Å². The van der Waals surface area contributed by atoms with E-state index in [0.29, 0.717) is 18.0 Å². The lowest BCUT2D eigenvalue weighted by Crippen LogP contribution is -2.00. The second kappa shape index (κ2) is 6.31. The number of aliphatic hydroxyl groups excluding tert-OH is 1. The molecule has 0 bridgehead atoms. The highest BCUT2D eigenvalue weighted by Crippen LogP contribution is 2.16. The van der Waals surface area contributed by atoms with Crippen molar-refractivity contribution in [3.8, 4) is 11.4 Å².